The van der Waals surface area contributed by atoms with Gasteiger partial charge < -0.3 is 9.73 Å². The zero-order chi connectivity index (χ0) is 12.3. The molecule has 1 unspecified atom stereocenters. The Bertz CT molecular complexity index is 493. The van der Waals surface area contributed by atoms with E-state index >= 15 is 0 Å². The van der Waals surface area contributed by atoms with Gasteiger partial charge in [0.15, 0.2) is 0 Å². The average Bonchev–Trinajstić information content (AvgIpc) is 2.97. The van der Waals surface area contributed by atoms with E-state index in [4.69, 9.17) is 4.42 Å². The van der Waals surface area contributed by atoms with E-state index in [1.807, 2.05) is 19.1 Å². The quantitative estimate of drug-likeness (QED) is 0.655. The summed E-state index contributed by atoms with van der Waals surface area (Å²) in [5.41, 5.74) is 0. The minimum absolute atomic E-state index is 0.0890. The second-order valence-corrected chi connectivity index (χ2v) is 4.76. The van der Waals surface area contributed by atoms with E-state index in [1.165, 1.54) is 17.4 Å². The molecule has 0 saturated carbocycles. The van der Waals surface area contributed by atoms with E-state index < -0.39 is 0 Å². The van der Waals surface area contributed by atoms with Gasteiger partial charge in [-0.05, 0) is 25.1 Å². The van der Waals surface area contributed by atoms with Crippen molar-refractivity contribution >= 4 is 16.3 Å². The smallest absolute Gasteiger partial charge is 0.324 e. The lowest BCUT2D eigenvalue weighted by Gasteiger charge is -2.09. The zero-order valence-corrected chi connectivity index (χ0v) is 10.1. The lowest BCUT2D eigenvalue weighted by atomic mass is 10.2. The number of rotatable bonds is 5. The first-order chi connectivity index (χ1) is 8.16. The number of thiophene rings is 1. The van der Waals surface area contributed by atoms with Crippen LogP contribution in [0.5, 0.6) is 0 Å². The maximum absolute atomic E-state index is 10.5. The highest BCUT2D eigenvalue weighted by Crippen LogP contribution is 2.24. The standard InChI is InChI=1S/C11H12N2O3S/c1-8(10-3-2-6-16-10)12-7-9-4-5-11(17-9)13(14)15/h2-6,8,12H,7H2,1H3. The molecule has 0 fully saturated rings. The second kappa shape index (κ2) is 5.11. The predicted octanol–water partition coefficient (Wildman–Crippen LogP) is 3.10. The molecule has 0 bridgehead atoms. The van der Waals surface area contributed by atoms with Crippen LogP contribution in [0.25, 0.3) is 0 Å². The fourth-order valence-electron chi connectivity index (χ4n) is 1.45. The molecule has 0 saturated heterocycles. The van der Waals surface area contributed by atoms with E-state index in [0.717, 1.165) is 10.6 Å². The number of furan rings is 1. The van der Waals surface area contributed by atoms with Crippen molar-refractivity contribution in [3.63, 3.8) is 0 Å². The van der Waals surface area contributed by atoms with Crippen LogP contribution in [0, 0.1) is 10.1 Å². The van der Waals surface area contributed by atoms with Crippen LogP contribution in [-0.4, -0.2) is 4.92 Å². The maximum atomic E-state index is 10.5. The number of hydrogen-bond acceptors (Lipinski definition) is 5. The molecule has 0 aliphatic heterocycles. The highest BCUT2D eigenvalue weighted by atomic mass is 32.1. The molecule has 2 aromatic rings. The molecular weight excluding hydrogens is 240 g/mol. The minimum atomic E-state index is -0.371. The summed E-state index contributed by atoms with van der Waals surface area (Å²) < 4.78 is 5.26. The van der Waals surface area contributed by atoms with Crippen LogP contribution < -0.4 is 5.32 Å². The Morgan fingerprint density at radius 3 is 2.94 bits per heavy atom. The molecule has 0 radical (unpaired) electrons. The molecule has 1 N–H and O–H groups in total. The van der Waals surface area contributed by atoms with Crippen LogP contribution in [-0.2, 0) is 6.54 Å². The van der Waals surface area contributed by atoms with Crippen molar-refractivity contribution in [1.82, 2.24) is 5.32 Å². The third-order valence-corrected chi connectivity index (χ3v) is 3.42. The van der Waals surface area contributed by atoms with Gasteiger partial charge in [0.2, 0.25) is 0 Å². The third kappa shape index (κ3) is 2.92. The first kappa shape index (κ1) is 11.8. The van der Waals surface area contributed by atoms with Gasteiger partial charge in [0.25, 0.3) is 0 Å². The monoisotopic (exact) mass is 252 g/mol. The molecule has 6 heteroatoms. The van der Waals surface area contributed by atoms with Gasteiger partial charge in [0.05, 0.1) is 17.2 Å². The topological polar surface area (TPSA) is 68.3 Å². The van der Waals surface area contributed by atoms with Gasteiger partial charge in [-0.25, -0.2) is 0 Å². The largest absolute Gasteiger partial charge is 0.468 e. The van der Waals surface area contributed by atoms with E-state index in [2.05, 4.69) is 5.32 Å². The molecule has 5 nitrogen and oxygen atoms in total. The first-order valence-electron chi connectivity index (χ1n) is 5.16. The normalized spacial score (nSPS) is 12.5. The van der Waals surface area contributed by atoms with Crippen molar-refractivity contribution in [2.75, 3.05) is 0 Å². The van der Waals surface area contributed by atoms with E-state index in [1.54, 1.807) is 12.3 Å². The third-order valence-electron chi connectivity index (χ3n) is 2.38. The Morgan fingerprint density at radius 1 is 1.53 bits per heavy atom. The Hall–Kier alpha value is -1.66. The van der Waals surface area contributed by atoms with Gasteiger partial charge in [-0.2, -0.15) is 0 Å². The fourth-order valence-corrected chi connectivity index (χ4v) is 2.22. The Balaban J connectivity index is 1.91. The summed E-state index contributed by atoms with van der Waals surface area (Å²) in [4.78, 5) is 11.1. The van der Waals surface area contributed by atoms with Crippen molar-refractivity contribution in [1.29, 1.82) is 0 Å². The van der Waals surface area contributed by atoms with Crippen LogP contribution in [0.3, 0.4) is 0 Å². The molecule has 17 heavy (non-hydrogen) atoms. The number of nitrogens with one attached hydrogen (secondary N) is 1. The summed E-state index contributed by atoms with van der Waals surface area (Å²) in [6.07, 6.45) is 1.63. The molecule has 1 atom stereocenters. The fraction of sp³-hybridized carbons (Fsp3) is 0.273. The summed E-state index contributed by atoms with van der Waals surface area (Å²) in [5, 5.41) is 13.9. The number of nitro groups is 1. The summed E-state index contributed by atoms with van der Waals surface area (Å²) >= 11 is 1.19. The summed E-state index contributed by atoms with van der Waals surface area (Å²) in [6, 6.07) is 7.12. The van der Waals surface area contributed by atoms with Crippen LogP contribution in [0.4, 0.5) is 5.00 Å². The van der Waals surface area contributed by atoms with Crippen molar-refractivity contribution in [2.45, 2.75) is 19.5 Å². The first-order valence-corrected chi connectivity index (χ1v) is 5.98. The molecule has 2 aromatic heterocycles. The van der Waals surface area contributed by atoms with Gasteiger partial charge in [-0.3, -0.25) is 10.1 Å². The van der Waals surface area contributed by atoms with Crippen LogP contribution in [0.15, 0.2) is 34.9 Å². The van der Waals surface area contributed by atoms with Crippen LogP contribution in [0.1, 0.15) is 23.6 Å². The van der Waals surface area contributed by atoms with E-state index in [9.17, 15) is 10.1 Å². The second-order valence-electron chi connectivity index (χ2n) is 3.62. The Labute approximate surface area is 102 Å². The van der Waals surface area contributed by atoms with Gasteiger partial charge in [-0.15, -0.1) is 0 Å². The highest BCUT2D eigenvalue weighted by molar-refractivity contribution is 7.15. The molecule has 0 amide bonds. The summed E-state index contributed by atoms with van der Waals surface area (Å²) in [6.45, 7) is 2.58. The van der Waals surface area contributed by atoms with Crippen LogP contribution >= 0.6 is 11.3 Å². The van der Waals surface area contributed by atoms with Crippen molar-refractivity contribution < 1.29 is 9.34 Å². The Kier molecular flexibility index (Phi) is 3.55. The average molecular weight is 252 g/mol. The molecular formula is C11H12N2O3S. The molecule has 0 aliphatic rings. The number of nitrogens with zero attached hydrogens (tertiary/aromatic N) is 1. The lowest BCUT2D eigenvalue weighted by Crippen LogP contribution is -2.16. The Morgan fingerprint density at radius 2 is 2.35 bits per heavy atom. The van der Waals surface area contributed by atoms with E-state index in [-0.39, 0.29) is 16.0 Å². The zero-order valence-electron chi connectivity index (χ0n) is 9.25. The molecule has 0 aliphatic carbocycles. The maximum Gasteiger partial charge on any atom is 0.324 e. The van der Waals surface area contributed by atoms with Gasteiger partial charge in [0, 0.05) is 17.5 Å². The molecule has 90 valence electrons. The summed E-state index contributed by atoms with van der Waals surface area (Å²) in [7, 11) is 0. The van der Waals surface area contributed by atoms with Crippen molar-refractivity contribution in [3.05, 3.63) is 51.3 Å². The molecule has 2 rings (SSSR count). The lowest BCUT2D eigenvalue weighted by molar-refractivity contribution is -0.380. The SMILES string of the molecule is CC(NCc1ccc([N+](=O)[O-])s1)c1ccco1. The molecule has 2 heterocycles. The van der Waals surface area contributed by atoms with Gasteiger partial charge >= 0.3 is 5.00 Å². The van der Waals surface area contributed by atoms with Crippen molar-refractivity contribution in [3.8, 4) is 0 Å². The minimum Gasteiger partial charge on any atom is -0.468 e. The molecule has 0 spiro atoms. The summed E-state index contributed by atoms with van der Waals surface area (Å²) in [5.74, 6) is 0.857. The van der Waals surface area contributed by atoms with Gasteiger partial charge in [0.1, 0.15) is 5.76 Å². The van der Waals surface area contributed by atoms with Crippen LogP contribution in [0.2, 0.25) is 0 Å². The highest BCUT2D eigenvalue weighted by Gasteiger charge is 2.11. The van der Waals surface area contributed by atoms with Gasteiger partial charge in [-0.1, -0.05) is 11.3 Å². The molecule has 0 aromatic carbocycles. The van der Waals surface area contributed by atoms with Crippen molar-refractivity contribution in [2.24, 2.45) is 0 Å². The number of hydrogen-bond donors (Lipinski definition) is 1. The predicted molar refractivity (Wildman–Crippen MR) is 64.9 cm³/mol. The van der Waals surface area contributed by atoms with E-state index in [0.29, 0.717) is 6.54 Å².